The van der Waals surface area contributed by atoms with Gasteiger partial charge in [0.2, 0.25) is 0 Å². The van der Waals surface area contributed by atoms with Crippen LogP contribution in [0.3, 0.4) is 0 Å². The Morgan fingerprint density at radius 1 is 1.36 bits per heavy atom. The maximum absolute atomic E-state index is 5.51. The highest BCUT2D eigenvalue weighted by atomic mass is 127. The predicted octanol–water partition coefficient (Wildman–Crippen LogP) is 2.40. The predicted molar refractivity (Wildman–Crippen MR) is 101 cm³/mol. The van der Waals surface area contributed by atoms with Crippen molar-refractivity contribution in [3.8, 4) is 0 Å². The molecule has 2 fully saturated rings. The Kier molecular flexibility index (Phi) is 7.39. The molecule has 1 heterocycles. The fraction of sp³-hybridized carbons (Fsp3) is 0.938. The number of nitrogens with zero attached hydrogens (tertiary/aromatic N) is 1. The molecule has 5 nitrogen and oxygen atoms in total. The maximum Gasteiger partial charge on any atom is 0.191 e. The first kappa shape index (κ1) is 20.0. The SMILES string of the molecule is CCNC(=NCC1(C)CCOC1)NC1CC(OC)C1(C)C.I. The Balaban J connectivity index is 0.00000242. The van der Waals surface area contributed by atoms with E-state index in [4.69, 9.17) is 14.5 Å². The Morgan fingerprint density at radius 3 is 2.59 bits per heavy atom. The van der Waals surface area contributed by atoms with E-state index in [0.717, 1.165) is 45.1 Å². The lowest BCUT2D eigenvalue weighted by atomic mass is 9.64. The summed E-state index contributed by atoms with van der Waals surface area (Å²) in [6.45, 7) is 12.2. The van der Waals surface area contributed by atoms with Gasteiger partial charge in [0.1, 0.15) is 0 Å². The highest BCUT2D eigenvalue weighted by Crippen LogP contribution is 2.42. The minimum atomic E-state index is 0. The zero-order chi connectivity index (χ0) is 15.5. The first-order valence-electron chi connectivity index (χ1n) is 8.06. The summed E-state index contributed by atoms with van der Waals surface area (Å²) in [5.41, 5.74) is 0.331. The number of hydrogen-bond donors (Lipinski definition) is 2. The van der Waals surface area contributed by atoms with Crippen LogP contribution in [0.25, 0.3) is 0 Å². The summed E-state index contributed by atoms with van der Waals surface area (Å²) in [7, 11) is 1.79. The van der Waals surface area contributed by atoms with Crippen molar-refractivity contribution < 1.29 is 9.47 Å². The topological polar surface area (TPSA) is 54.9 Å². The molecule has 0 aromatic heterocycles. The van der Waals surface area contributed by atoms with Crippen molar-refractivity contribution in [1.82, 2.24) is 10.6 Å². The third-order valence-corrected chi connectivity index (χ3v) is 5.04. The van der Waals surface area contributed by atoms with Crippen LogP contribution < -0.4 is 10.6 Å². The van der Waals surface area contributed by atoms with Crippen LogP contribution in [0.15, 0.2) is 4.99 Å². The second-order valence-corrected chi connectivity index (χ2v) is 7.29. The van der Waals surface area contributed by atoms with Crippen molar-refractivity contribution in [2.75, 3.05) is 33.4 Å². The monoisotopic (exact) mass is 425 g/mol. The molecule has 0 radical (unpaired) electrons. The standard InChI is InChI=1S/C16H31N3O2.HI/c1-6-17-14(18-10-16(4)7-8-21-11-16)19-12-9-13(20-5)15(12,2)3;/h12-13H,6-11H2,1-5H3,(H2,17,18,19);1H. The Labute approximate surface area is 152 Å². The van der Waals surface area contributed by atoms with Gasteiger partial charge >= 0.3 is 0 Å². The average molecular weight is 425 g/mol. The van der Waals surface area contributed by atoms with Gasteiger partial charge in [-0.15, -0.1) is 24.0 Å². The third kappa shape index (κ3) is 4.47. The summed E-state index contributed by atoms with van der Waals surface area (Å²) >= 11 is 0. The minimum absolute atomic E-state index is 0. The van der Waals surface area contributed by atoms with Crippen LogP contribution in [0.5, 0.6) is 0 Å². The molecule has 1 aliphatic carbocycles. The van der Waals surface area contributed by atoms with Crippen molar-refractivity contribution in [3.05, 3.63) is 0 Å². The Morgan fingerprint density at radius 2 is 2.09 bits per heavy atom. The van der Waals surface area contributed by atoms with Gasteiger partial charge in [0, 0.05) is 37.1 Å². The van der Waals surface area contributed by atoms with Crippen molar-refractivity contribution in [2.45, 2.75) is 52.7 Å². The van der Waals surface area contributed by atoms with E-state index in [2.05, 4.69) is 38.3 Å². The molecule has 2 N–H and O–H groups in total. The van der Waals surface area contributed by atoms with E-state index in [1.54, 1.807) is 7.11 Å². The molecule has 3 unspecified atom stereocenters. The first-order chi connectivity index (χ1) is 9.91. The van der Waals surface area contributed by atoms with Gasteiger partial charge in [0.15, 0.2) is 5.96 Å². The quantitative estimate of drug-likeness (QED) is 0.404. The Hall–Kier alpha value is -0.0800. The fourth-order valence-corrected chi connectivity index (χ4v) is 3.12. The van der Waals surface area contributed by atoms with Crippen LogP contribution in [0.4, 0.5) is 0 Å². The van der Waals surface area contributed by atoms with Gasteiger partial charge in [-0.05, 0) is 19.8 Å². The van der Waals surface area contributed by atoms with Gasteiger partial charge in [-0.1, -0.05) is 20.8 Å². The number of hydrogen-bond acceptors (Lipinski definition) is 3. The zero-order valence-corrected chi connectivity index (χ0v) is 16.9. The van der Waals surface area contributed by atoms with Crippen LogP contribution in [0, 0.1) is 10.8 Å². The summed E-state index contributed by atoms with van der Waals surface area (Å²) < 4.78 is 11.0. The van der Waals surface area contributed by atoms with Crippen molar-refractivity contribution in [2.24, 2.45) is 15.8 Å². The highest BCUT2D eigenvalue weighted by Gasteiger charge is 2.49. The second-order valence-electron chi connectivity index (χ2n) is 7.29. The number of aliphatic imine (C=N–C) groups is 1. The van der Waals surface area contributed by atoms with E-state index in [-0.39, 0.29) is 34.8 Å². The molecule has 2 aliphatic rings. The molecular formula is C16H32IN3O2. The molecule has 3 atom stereocenters. The van der Waals surface area contributed by atoms with E-state index in [1.807, 2.05) is 0 Å². The molecule has 0 amide bonds. The second kappa shape index (κ2) is 8.15. The normalized spacial score (nSPS) is 33.8. The largest absolute Gasteiger partial charge is 0.381 e. The number of ether oxygens (including phenoxy) is 2. The van der Waals surface area contributed by atoms with E-state index in [1.165, 1.54) is 0 Å². The van der Waals surface area contributed by atoms with Crippen molar-refractivity contribution in [1.29, 1.82) is 0 Å². The number of rotatable bonds is 5. The number of methoxy groups -OCH3 is 1. The van der Waals surface area contributed by atoms with Crippen molar-refractivity contribution in [3.63, 3.8) is 0 Å². The van der Waals surface area contributed by atoms with Crippen LogP contribution in [0.1, 0.15) is 40.5 Å². The molecule has 0 aromatic rings. The number of guanidine groups is 1. The van der Waals surface area contributed by atoms with Crippen LogP contribution in [-0.2, 0) is 9.47 Å². The summed E-state index contributed by atoms with van der Waals surface area (Å²) in [5, 5.41) is 6.92. The van der Waals surface area contributed by atoms with Crippen molar-refractivity contribution >= 4 is 29.9 Å². The molecule has 130 valence electrons. The van der Waals surface area contributed by atoms with Gasteiger partial charge in [0.05, 0.1) is 19.3 Å². The number of halogens is 1. The molecular weight excluding hydrogens is 393 g/mol. The Bertz CT molecular complexity index is 382. The first-order valence-corrected chi connectivity index (χ1v) is 8.06. The van der Waals surface area contributed by atoms with Crippen LogP contribution >= 0.6 is 24.0 Å². The minimum Gasteiger partial charge on any atom is -0.381 e. The molecule has 0 spiro atoms. The highest BCUT2D eigenvalue weighted by molar-refractivity contribution is 14.0. The molecule has 1 saturated carbocycles. The zero-order valence-electron chi connectivity index (χ0n) is 14.6. The molecule has 0 aromatic carbocycles. The number of nitrogens with one attached hydrogen (secondary N) is 2. The van der Waals surface area contributed by atoms with Gasteiger partial charge in [0.25, 0.3) is 0 Å². The smallest absolute Gasteiger partial charge is 0.191 e. The summed E-state index contributed by atoms with van der Waals surface area (Å²) in [4.78, 5) is 4.78. The van der Waals surface area contributed by atoms with Gasteiger partial charge in [-0.2, -0.15) is 0 Å². The third-order valence-electron chi connectivity index (χ3n) is 5.04. The molecule has 22 heavy (non-hydrogen) atoms. The lowest BCUT2D eigenvalue weighted by molar-refractivity contribution is -0.0922. The summed E-state index contributed by atoms with van der Waals surface area (Å²) in [5.74, 6) is 0.915. The maximum atomic E-state index is 5.51. The van der Waals surface area contributed by atoms with E-state index >= 15 is 0 Å². The fourth-order valence-electron chi connectivity index (χ4n) is 3.12. The van der Waals surface area contributed by atoms with E-state index < -0.39 is 0 Å². The van der Waals surface area contributed by atoms with E-state index in [0.29, 0.717) is 12.1 Å². The van der Waals surface area contributed by atoms with Gasteiger partial charge < -0.3 is 20.1 Å². The molecule has 2 rings (SSSR count). The summed E-state index contributed by atoms with van der Waals surface area (Å²) in [6.07, 6.45) is 2.46. The van der Waals surface area contributed by atoms with Crippen LogP contribution in [0.2, 0.25) is 0 Å². The average Bonchev–Trinajstić information content (AvgIpc) is 2.87. The molecule has 6 heteroatoms. The van der Waals surface area contributed by atoms with E-state index in [9.17, 15) is 0 Å². The van der Waals surface area contributed by atoms with Gasteiger partial charge in [-0.25, -0.2) is 0 Å². The lowest BCUT2D eigenvalue weighted by Gasteiger charge is -2.51. The molecule has 1 aliphatic heterocycles. The lowest BCUT2D eigenvalue weighted by Crippen LogP contribution is -2.63. The van der Waals surface area contributed by atoms with Gasteiger partial charge in [-0.3, -0.25) is 4.99 Å². The molecule has 1 saturated heterocycles. The molecule has 0 bridgehead atoms. The summed E-state index contributed by atoms with van der Waals surface area (Å²) in [6, 6.07) is 0.410. The van der Waals surface area contributed by atoms with Crippen LogP contribution in [-0.4, -0.2) is 51.5 Å².